The summed E-state index contributed by atoms with van der Waals surface area (Å²) in [4.78, 5) is 11.6. The first kappa shape index (κ1) is 15.0. The van der Waals surface area contributed by atoms with Crippen molar-refractivity contribution in [3.05, 3.63) is 34.4 Å². The number of hydrogen-bond donors (Lipinski definition) is 1. The molecule has 102 valence electrons. The summed E-state index contributed by atoms with van der Waals surface area (Å²) < 4.78 is 5.18. The van der Waals surface area contributed by atoms with Crippen molar-refractivity contribution in [3.63, 3.8) is 0 Å². The summed E-state index contributed by atoms with van der Waals surface area (Å²) in [6.45, 7) is 9.73. The fourth-order valence-electron chi connectivity index (χ4n) is 1.81. The van der Waals surface area contributed by atoms with Crippen LogP contribution in [-0.2, 0) is 11.3 Å². The first-order chi connectivity index (χ1) is 8.73. The van der Waals surface area contributed by atoms with Gasteiger partial charge < -0.3 is 10.1 Å². The second-order valence-electron chi connectivity index (χ2n) is 5.56. The highest BCUT2D eigenvalue weighted by Gasteiger charge is 2.16. The molecule has 1 aromatic rings. The Bertz CT molecular complexity index is 499. The van der Waals surface area contributed by atoms with E-state index in [0.717, 1.165) is 16.7 Å². The zero-order valence-corrected chi connectivity index (χ0v) is 12.1. The second-order valence-corrected chi connectivity index (χ2v) is 5.56. The summed E-state index contributed by atoms with van der Waals surface area (Å²) in [6, 6.07) is 5.76. The zero-order chi connectivity index (χ0) is 14.6. The Morgan fingerprint density at radius 1 is 1.32 bits per heavy atom. The van der Waals surface area contributed by atoms with Crippen LogP contribution < -0.4 is 5.32 Å². The van der Waals surface area contributed by atoms with Gasteiger partial charge in [-0.3, -0.25) is 0 Å². The molecule has 0 atom stereocenters. The molecular weight excluding hydrogens is 240 g/mol. The highest BCUT2D eigenvalue weighted by Crippen LogP contribution is 2.16. The van der Waals surface area contributed by atoms with Crippen molar-refractivity contribution >= 4 is 6.09 Å². The van der Waals surface area contributed by atoms with Crippen LogP contribution in [0.3, 0.4) is 0 Å². The molecule has 0 saturated heterocycles. The molecule has 0 unspecified atom stereocenters. The SMILES string of the molecule is Cc1cc(C#N)cc(C)c1CNC(=O)OC(C)(C)C. The number of benzene rings is 1. The van der Waals surface area contributed by atoms with Crippen molar-refractivity contribution in [2.75, 3.05) is 0 Å². The summed E-state index contributed by atoms with van der Waals surface area (Å²) in [5.74, 6) is 0. The minimum atomic E-state index is -0.501. The van der Waals surface area contributed by atoms with E-state index in [0.29, 0.717) is 12.1 Å². The van der Waals surface area contributed by atoms with Crippen molar-refractivity contribution in [3.8, 4) is 6.07 Å². The molecular formula is C15H20N2O2. The summed E-state index contributed by atoms with van der Waals surface area (Å²) in [6.07, 6.45) is -0.435. The van der Waals surface area contributed by atoms with Crippen molar-refractivity contribution in [2.24, 2.45) is 0 Å². The zero-order valence-electron chi connectivity index (χ0n) is 12.1. The van der Waals surface area contributed by atoms with Crippen molar-refractivity contribution in [1.29, 1.82) is 5.26 Å². The van der Waals surface area contributed by atoms with Gasteiger partial charge in [0.15, 0.2) is 0 Å². The molecule has 0 aromatic heterocycles. The monoisotopic (exact) mass is 260 g/mol. The quantitative estimate of drug-likeness (QED) is 0.888. The van der Waals surface area contributed by atoms with Gasteiger partial charge in [0.1, 0.15) is 5.60 Å². The lowest BCUT2D eigenvalue weighted by atomic mass is 10.00. The lowest BCUT2D eigenvalue weighted by Gasteiger charge is -2.20. The molecule has 1 aromatic carbocycles. The van der Waals surface area contributed by atoms with Gasteiger partial charge in [0.2, 0.25) is 0 Å². The molecule has 1 amide bonds. The van der Waals surface area contributed by atoms with Crippen LogP contribution in [0.2, 0.25) is 0 Å². The summed E-state index contributed by atoms with van der Waals surface area (Å²) in [5, 5.41) is 11.6. The van der Waals surface area contributed by atoms with Crippen LogP contribution in [0.25, 0.3) is 0 Å². The van der Waals surface area contributed by atoms with E-state index in [1.165, 1.54) is 0 Å². The van der Waals surface area contributed by atoms with E-state index in [2.05, 4.69) is 11.4 Å². The molecule has 0 radical (unpaired) electrons. The van der Waals surface area contributed by atoms with Gasteiger partial charge in [0, 0.05) is 6.54 Å². The summed E-state index contributed by atoms with van der Waals surface area (Å²) in [5.41, 5.74) is 3.14. The number of amides is 1. The van der Waals surface area contributed by atoms with Crippen LogP contribution in [0.1, 0.15) is 43.0 Å². The molecule has 1 N–H and O–H groups in total. The number of nitrogens with one attached hydrogen (secondary N) is 1. The fourth-order valence-corrected chi connectivity index (χ4v) is 1.81. The smallest absolute Gasteiger partial charge is 0.407 e. The van der Waals surface area contributed by atoms with Crippen LogP contribution in [0.4, 0.5) is 4.79 Å². The Labute approximate surface area is 114 Å². The molecule has 0 aliphatic rings. The Balaban J connectivity index is 2.74. The molecule has 0 saturated carbocycles. The Morgan fingerprint density at radius 3 is 2.26 bits per heavy atom. The molecule has 0 fully saturated rings. The maximum absolute atomic E-state index is 11.6. The normalized spacial score (nSPS) is 10.7. The van der Waals surface area contributed by atoms with Crippen LogP contribution in [0.15, 0.2) is 12.1 Å². The van der Waals surface area contributed by atoms with Crippen molar-refractivity contribution < 1.29 is 9.53 Å². The van der Waals surface area contributed by atoms with Crippen LogP contribution in [0, 0.1) is 25.2 Å². The van der Waals surface area contributed by atoms with Gasteiger partial charge >= 0.3 is 6.09 Å². The number of aryl methyl sites for hydroxylation is 2. The van der Waals surface area contributed by atoms with Crippen LogP contribution in [0.5, 0.6) is 0 Å². The maximum atomic E-state index is 11.6. The van der Waals surface area contributed by atoms with Gasteiger partial charge in [-0.25, -0.2) is 4.79 Å². The first-order valence-electron chi connectivity index (χ1n) is 6.20. The van der Waals surface area contributed by atoms with Crippen LogP contribution >= 0.6 is 0 Å². The van der Waals surface area contributed by atoms with E-state index in [4.69, 9.17) is 10.00 Å². The number of alkyl carbamates (subject to hydrolysis) is 1. The molecule has 0 aliphatic heterocycles. The number of carbonyl (C=O) groups is 1. The van der Waals surface area contributed by atoms with E-state index in [-0.39, 0.29) is 0 Å². The van der Waals surface area contributed by atoms with Gasteiger partial charge in [-0.15, -0.1) is 0 Å². The lowest BCUT2D eigenvalue weighted by Crippen LogP contribution is -2.32. The number of rotatable bonds is 2. The minimum absolute atomic E-state index is 0.401. The van der Waals surface area contributed by atoms with Crippen LogP contribution in [-0.4, -0.2) is 11.7 Å². The summed E-state index contributed by atoms with van der Waals surface area (Å²) in [7, 11) is 0. The third-order valence-electron chi connectivity index (χ3n) is 2.63. The number of nitrogens with zero attached hydrogens (tertiary/aromatic N) is 1. The standard InChI is InChI=1S/C15H20N2O2/c1-10-6-12(8-16)7-11(2)13(10)9-17-14(18)19-15(3,4)5/h6-7H,9H2,1-5H3,(H,17,18). The number of ether oxygens (including phenoxy) is 1. The Kier molecular flexibility index (Phi) is 4.55. The third-order valence-corrected chi connectivity index (χ3v) is 2.63. The maximum Gasteiger partial charge on any atom is 0.407 e. The highest BCUT2D eigenvalue weighted by molar-refractivity contribution is 5.67. The van der Waals surface area contributed by atoms with Gasteiger partial charge in [-0.05, 0) is 63.4 Å². The van der Waals surface area contributed by atoms with E-state index in [9.17, 15) is 4.79 Å². The van der Waals surface area contributed by atoms with Crippen molar-refractivity contribution in [2.45, 2.75) is 46.8 Å². The predicted molar refractivity (Wildman–Crippen MR) is 73.7 cm³/mol. The van der Waals surface area contributed by atoms with Gasteiger partial charge in [-0.1, -0.05) is 0 Å². The summed E-state index contributed by atoms with van der Waals surface area (Å²) >= 11 is 0. The van der Waals surface area contributed by atoms with E-state index in [1.54, 1.807) is 0 Å². The molecule has 19 heavy (non-hydrogen) atoms. The third kappa shape index (κ3) is 4.63. The largest absolute Gasteiger partial charge is 0.444 e. The topological polar surface area (TPSA) is 62.1 Å². The number of nitriles is 1. The Hall–Kier alpha value is -2.02. The van der Waals surface area contributed by atoms with E-state index < -0.39 is 11.7 Å². The number of carbonyl (C=O) groups excluding carboxylic acids is 1. The van der Waals surface area contributed by atoms with Gasteiger partial charge in [0.25, 0.3) is 0 Å². The second kappa shape index (κ2) is 5.75. The molecule has 1 rings (SSSR count). The molecule has 0 spiro atoms. The molecule has 4 nitrogen and oxygen atoms in total. The minimum Gasteiger partial charge on any atom is -0.444 e. The first-order valence-corrected chi connectivity index (χ1v) is 6.20. The molecule has 4 heteroatoms. The fraction of sp³-hybridized carbons (Fsp3) is 0.467. The molecule has 0 aliphatic carbocycles. The van der Waals surface area contributed by atoms with E-state index in [1.807, 2.05) is 46.8 Å². The highest BCUT2D eigenvalue weighted by atomic mass is 16.6. The number of hydrogen-bond acceptors (Lipinski definition) is 3. The van der Waals surface area contributed by atoms with Gasteiger partial charge in [0.05, 0.1) is 11.6 Å². The van der Waals surface area contributed by atoms with E-state index >= 15 is 0 Å². The lowest BCUT2D eigenvalue weighted by molar-refractivity contribution is 0.0523. The average molecular weight is 260 g/mol. The Morgan fingerprint density at radius 2 is 1.84 bits per heavy atom. The molecule has 0 bridgehead atoms. The van der Waals surface area contributed by atoms with Crippen molar-refractivity contribution in [1.82, 2.24) is 5.32 Å². The molecule has 0 heterocycles. The van der Waals surface area contributed by atoms with Gasteiger partial charge in [-0.2, -0.15) is 5.26 Å². The predicted octanol–water partition coefficient (Wildman–Crippen LogP) is 3.20. The average Bonchev–Trinajstić information content (AvgIpc) is 2.25.